The first-order valence-electron chi connectivity index (χ1n) is 4.71. The molecule has 0 aliphatic heterocycles. The highest BCUT2D eigenvalue weighted by Crippen LogP contribution is 2.00. The van der Waals surface area contributed by atoms with Crippen LogP contribution >= 0.6 is 0 Å². The van der Waals surface area contributed by atoms with Gasteiger partial charge in [-0.25, -0.2) is 0 Å². The van der Waals surface area contributed by atoms with Gasteiger partial charge in [0, 0.05) is 32.2 Å². The lowest BCUT2D eigenvalue weighted by Crippen LogP contribution is -2.35. The molecule has 0 aromatic rings. The van der Waals surface area contributed by atoms with E-state index in [1.807, 2.05) is 0 Å². The zero-order valence-corrected chi connectivity index (χ0v) is 8.49. The number of amides is 1. The van der Waals surface area contributed by atoms with E-state index < -0.39 is 0 Å². The molecule has 0 saturated carbocycles. The zero-order valence-electron chi connectivity index (χ0n) is 8.49. The van der Waals surface area contributed by atoms with Gasteiger partial charge in [-0.1, -0.05) is 0 Å². The minimum atomic E-state index is -0.269. The maximum atomic E-state index is 10.5. The average molecular weight is 188 g/mol. The number of carbonyl (C=O) groups is 1. The second-order valence-electron chi connectivity index (χ2n) is 3.42. The Morgan fingerprint density at radius 2 is 2.08 bits per heavy atom. The Bertz CT molecular complexity index is 149. The summed E-state index contributed by atoms with van der Waals surface area (Å²) in [6.45, 7) is 5.84. The smallest absolute Gasteiger partial charge is 0.218 e. The third kappa shape index (κ3) is 6.54. The minimum absolute atomic E-state index is 0.194. The fraction of sp³-hybridized carbons (Fsp3) is 0.889. The molecule has 0 fully saturated rings. The van der Waals surface area contributed by atoms with Crippen molar-refractivity contribution in [2.24, 2.45) is 5.73 Å². The lowest BCUT2D eigenvalue weighted by molar-refractivity contribution is -0.118. The number of aliphatic hydroxyl groups excluding tert-OH is 1. The third-order valence-corrected chi connectivity index (χ3v) is 1.98. The summed E-state index contributed by atoms with van der Waals surface area (Å²) in [7, 11) is 0. The lowest BCUT2D eigenvalue weighted by Gasteiger charge is -2.25. The minimum Gasteiger partial charge on any atom is -0.396 e. The molecule has 0 heterocycles. The van der Waals surface area contributed by atoms with Gasteiger partial charge in [-0.3, -0.25) is 4.79 Å². The molecule has 3 N–H and O–H groups in total. The van der Waals surface area contributed by atoms with Crippen LogP contribution in [0.3, 0.4) is 0 Å². The summed E-state index contributed by atoms with van der Waals surface area (Å²) >= 11 is 0. The van der Waals surface area contributed by atoms with Crippen molar-refractivity contribution in [1.82, 2.24) is 4.90 Å². The summed E-state index contributed by atoms with van der Waals surface area (Å²) in [6, 6.07) is 0.394. The number of nitrogens with two attached hydrogens (primary N) is 1. The van der Waals surface area contributed by atoms with Gasteiger partial charge in [-0.2, -0.15) is 0 Å². The van der Waals surface area contributed by atoms with Crippen LogP contribution in [0.4, 0.5) is 0 Å². The Kier molecular flexibility index (Phi) is 6.54. The van der Waals surface area contributed by atoms with Crippen molar-refractivity contribution in [3.63, 3.8) is 0 Å². The van der Waals surface area contributed by atoms with Gasteiger partial charge in [0.25, 0.3) is 0 Å². The molecule has 0 aliphatic carbocycles. The lowest BCUT2D eigenvalue weighted by atomic mass is 10.2. The van der Waals surface area contributed by atoms with Crippen LogP contribution in [0.1, 0.15) is 26.7 Å². The SMILES string of the molecule is CC(C)N(CCCO)CCC(N)=O. The van der Waals surface area contributed by atoms with Crippen molar-refractivity contribution in [1.29, 1.82) is 0 Å². The number of carbonyl (C=O) groups excluding carboxylic acids is 1. The molecule has 0 unspecified atom stereocenters. The monoisotopic (exact) mass is 188 g/mol. The molecular weight excluding hydrogens is 168 g/mol. The van der Waals surface area contributed by atoms with E-state index in [9.17, 15) is 4.79 Å². The molecule has 0 radical (unpaired) electrons. The molecule has 0 atom stereocenters. The standard InChI is InChI=1S/C9H20N2O2/c1-8(2)11(5-3-7-12)6-4-9(10)13/h8,12H,3-7H2,1-2H3,(H2,10,13). The number of aliphatic hydroxyl groups is 1. The van der Waals surface area contributed by atoms with Crippen molar-refractivity contribution in [3.8, 4) is 0 Å². The second-order valence-corrected chi connectivity index (χ2v) is 3.42. The number of primary amides is 1. The van der Waals surface area contributed by atoms with Gasteiger partial charge >= 0.3 is 0 Å². The molecule has 0 aliphatic rings. The first kappa shape index (κ1) is 12.4. The van der Waals surface area contributed by atoms with Crippen LogP contribution in [0, 0.1) is 0 Å². The van der Waals surface area contributed by atoms with Crippen LogP contribution in [0.5, 0.6) is 0 Å². The van der Waals surface area contributed by atoms with E-state index in [1.165, 1.54) is 0 Å². The van der Waals surface area contributed by atoms with Crippen molar-refractivity contribution in [3.05, 3.63) is 0 Å². The maximum absolute atomic E-state index is 10.5. The van der Waals surface area contributed by atoms with Crippen molar-refractivity contribution < 1.29 is 9.90 Å². The van der Waals surface area contributed by atoms with E-state index >= 15 is 0 Å². The van der Waals surface area contributed by atoms with Gasteiger partial charge < -0.3 is 15.7 Å². The predicted molar refractivity (Wildman–Crippen MR) is 52.2 cm³/mol. The highest BCUT2D eigenvalue weighted by molar-refractivity contribution is 5.73. The molecule has 0 saturated heterocycles. The normalized spacial score (nSPS) is 11.2. The van der Waals surface area contributed by atoms with E-state index in [2.05, 4.69) is 18.7 Å². The highest BCUT2D eigenvalue weighted by Gasteiger charge is 2.09. The first-order chi connectivity index (χ1) is 6.07. The van der Waals surface area contributed by atoms with E-state index in [1.54, 1.807) is 0 Å². The van der Waals surface area contributed by atoms with Gasteiger partial charge in [0.1, 0.15) is 0 Å². The summed E-state index contributed by atoms with van der Waals surface area (Å²) < 4.78 is 0. The summed E-state index contributed by atoms with van der Waals surface area (Å²) in [5.74, 6) is -0.269. The molecule has 0 rings (SSSR count). The summed E-state index contributed by atoms with van der Waals surface area (Å²) in [5, 5.41) is 8.66. The van der Waals surface area contributed by atoms with Gasteiger partial charge in [-0.15, -0.1) is 0 Å². The Morgan fingerprint density at radius 1 is 1.46 bits per heavy atom. The van der Waals surface area contributed by atoms with Crippen LogP contribution in [-0.2, 0) is 4.79 Å². The first-order valence-corrected chi connectivity index (χ1v) is 4.71. The number of rotatable bonds is 7. The number of hydrogen-bond acceptors (Lipinski definition) is 3. The molecule has 13 heavy (non-hydrogen) atoms. The van der Waals surface area contributed by atoms with Gasteiger partial charge in [-0.05, 0) is 20.3 Å². The zero-order chi connectivity index (χ0) is 10.3. The Hall–Kier alpha value is -0.610. The summed E-state index contributed by atoms with van der Waals surface area (Å²) in [5.41, 5.74) is 5.05. The van der Waals surface area contributed by atoms with Crippen molar-refractivity contribution >= 4 is 5.91 Å². The van der Waals surface area contributed by atoms with Crippen LogP contribution in [-0.4, -0.2) is 41.7 Å². The summed E-state index contributed by atoms with van der Waals surface area (Å²) in [6.07, 6.45) is 1.14. The maximum Gasteiger partial charge on any atom is 0.218 e. The fourth-order valence-electron chi connectivity index (χ4n) is 1.16. The molecule has 78 valence electrons. The topological polar surface area (TPSA) is 66.6 Å². The van der Waals surface area contributed by atoms with Gasteiger partial charge in [0.15, 0.2) is 0 Å². The van der Waals surface area contributed by atoms with Gasteiger partial charge in [0.05, 0.1) is 0 Å². The molecule has 0 aromatic heterocycles. The average Bonchev–Trinajstić information content (AvgIpc) is 2.03. The summed E-state index contributed by atoms with van der Waals surface area (Å²) in [4.78, 5) is 12.7. The van der Waals surface area contributed by atoms with E-state index in [-0.39, 0.29) is 12.5 Å². The van der Waals surface area contributed by atoms with Crippen molar-refractivity contribution in [2.45, 2.75) is 32.7 Å². The van der Waals surface area contributed by atoms with E-state index in [4.69, 9.17) is 10.8 Å². The third-order valence-electron chi connectivity index (χ3n) is 1.98. The number of hydrogen-bond donors (Lipinski definition) is 2. The number of nitrogens with zero attached hydrogens (tertiary/aromatic N) is 1. The highest BCUT2D eigenvalue weighted by atomic mass is 16.3. The fourth-order valence-corrected chi connectivity index (χ4v) is 1.16. The van der Waals surface area contributed by atoms with Crippen LogP contribution in [0.2, 0.25) is 0 Å². The Labute approximate surface area is 79.7 Å². The Balaban J connectivity index is 3.73. The van der Waals surface area contributed by atoms with Crippen LogP contribution in [0.15, 0.2) is 0 Å². The van der Waals surface area contributed by atoms with Crippen molar-refractivity contribution in [2.75, 3.05) is 19.7 Å². The molecule has 0 aromatic carbocycles. The van der Waals surface area contributed by atoms with Crippen LogP contribution in [0.25, 0.3) is 0 Å². The Morgan fingerprint density at radius 3 is 2.46 bits per heavy atom. The van der Waals surface area contributed by atoms with Crippen LogP contribution < -0.4 is 5.73 Å². The predicted octanol–water partition coefficient (Wildman–Crippen LogP) is -0.0454. The molecule has 4 heteroatoms. The largest absolute Gasteiger partial charge is 0.396 e. The second kappa shape index (κ2) is 6.86. The quantitative estimate of drug-likeness (QED) is 0.589. The molecule has 0 bridgehead atoms. The molecule has 1 amide bonds. The van der Waals surface area contributed by atoms with Gasteiger partial charge in [0.2, 0.25) is 5.91 Å². The molecule has 4 nitrogen and oxygen atoms in total. The molecular formula is C9H20N2O2. The van der Waals surface area contributed by atoms with E-state index in [0.29, 0.717) is 19.0 Å². The molecule has 0 spiro atoms. The van der Waals surface area contributed by atoms with E-state index in [0.717, 1.165) is 13.0 Å².